The third-order valence-corrected chi connectivity index (χ3v) is 2.57. The standard InChI is InChI=1S/C12H14F3NO2S/c1-2-17-8-3-5-9(6-4-8)18-7-10(11(16)19)12(13,14)15/h3-6,10H,2,7H2,1H3,(H2,16,19). The Bertz CT molecular complexity index is 420. The zero-order valence-corrected chi connectivity index (χ0v) is 11.1. The lowest BCUT2D eigenvalue weighted by Gasteiger charge is -2.19. The van der Waals surface area contributed by atoms with Gasteiger partial charge in [-0.15, -0.1) is 0 Å². The molecule has 0 aliphatic heterocycles. The van der Waals surface area contributed by atoms with E-state index < -0.39 is 23.7 Å². The van der Waals surface area contributed by atoms with Gasteiger partial charge >= 0.3 is 6.18 Å². The predicted molar refractivity (Wildman–Crippen MR) is 69.4 cm³/mol. The minimum Gasteiger partial charge on any atom is -0.494 e. The first-order valence-corrected chi connectivity index (χ1v) is 5.97. The second kappa shape index (κ2) is 6.60. The SMILES string of the molecule is CCOc1ccc(OCC(C(N)=S)C(F)(F)F)cc1. The van der Waals surface area contributed by atoms with Gasteiger partial charge in [-0.3, -0.25) is 0 Å². The van der Waals surface area contributed by atoms with Gasteiger partial charge < -0.3 is 15.2 Å². The van der Waals surface area contributed by atoms with Gasteiger partial charge in [0.05, 0.1) is 11.6 Å². The van der Waals surface area contributed by atoms with Crippen molar-refractivity contribution >= 4 is 17.2 Å². The number of hydrogen-bond donors (Lipinski definition) is 1. The quantitative estimate of drug-likeness (QED) is 0.819. The summed E-state index contributed by atoms with van der Waals surface area (Å²) in [4.78, 5) is -0.626. The molecule has 0 amide bonds. The Balaban J connectivity index is 2.62. The topological polar surface area (TPSA) is 44.5 Å². The highest BCUT2D eigenvalue weighted by Crippen LogP contribution is 2.27. The van der Waals surface area contributed by atoms with Gasteiger partial charge in [0.1, 0.15) is 24.0 Å². The van der Waals surface area contributed by atoms with Crippen molar-refractivity contribution in [1.82, 2.24) is 0 Å². The van der Waals surface area contributed by atoms with E-state index in [1.54, 1.807) is 12.1 Å². The predicted octanol–water partition coefficient (Wildman–Crippen LogP) is 2.93. The maximum Gasteiger partial charge on any atom is 0.401 e. The molecule has 0 fully saturated rings. The third kappa shape index (κ3) is 4.94. The minimum atomic E-state index is -4.50. The average molecular weight is 293 g/mol. The number of halogens is 3. The van der Waals surface area contributed by atoms with Gasteiger partial charge in [-0.25, -0.2) is 0 Å². The number of thiocarbonyl (C=S) groups is 1. The van der Waals surface area contributed by atoms with Gasteiger partial charge in [0, 0.05) is 0 Å². The van der Waals surface area contributed by atoms with Crippen molar-refractivity contribution in [3.63, 3.8) is 0 Å². The van der Waals surface area contributed by atoms with Gasteiger partial charge in [0.2, 0.25) is 0 Å². The minimum absolute atomic E-state index is 0.300. The lowest BCUT2D eigenvalue weighted by Crippen LogP contribution is -2.38. The molecule has 106 valence electrons. The Morgan fingerprint density at radius 3 is 2.05 bits per heavy atom. The molecule has 0 saturated carbocycles. The van der Waals surface area contributed by atoms with Crippen molar-refractivity contribution in [1.29, 1.82) is 0 Å². The molecule has 3 nitrogen and oxygen atoms in total. The van der Waals surface area contributed by atoms with Gasteiger partial charge in [0.25, 0.3) is 0 Å². The van der Waals surface area contributed by atoms with Gasteiger partial charge in [0.15, 0.2) is 0 Å². The van der Waals surface area contributed by atoms with Crippen LogP contribution in [-0.4, -0.2) is 24.4 Å². The molecule has 2 N–H and O–H groups in total. The van der Waals surface area contributed by atoms with E-state index in [2.05, 4.69) is 12.2 Å². The number of alkyl halides is 3. The second-order valence-electron chi connectivity index (χ2n) is 3.71. The van der Waals surface area contributed by atoms with Crippen LogP contribution < -0.4 is 15.2 Å². The number of ether oxygens (including phenoxy) is 2. The van der Waals surface area contributed by atoms with Crippen LogP contribution in [0.4, 0.5) is 13.2 Å². The molecule has 0 spiro atoms. The fourth-order valence-corrected chi connectivity index (χ4v) is 1.52. The molecule has 19 heavy (non-hydrogen) atoms. The van der Waals surface area contributed by atoms with Crippen molar-refractivity contribution < 1.29 is 22.6 Å². The number of nitrogens with two attached hydrogens (primary N) is 1. The molecule has 1 aromatic carbocycles. The second-order valence-corrected chi connectivity index (χ2v) is 4.18. The van der Waals surface area contributed by atoms with Crippen LogP contribution in [0.3, 0.4) is 0 Å². The van der Waals surface area contributed by atoms with Crippen LogP contribution in [0.5, 0.6) is 11.5 Å². The van der Waals surface area contributed by atoms with Crippen molar-refractivity contribution in [3.8, 4) is 11.5 Å². The van der Waals surface area contributed by atoms with Crippen molar-refractivity contribution in [2.75, 3.05) is 13.2 Å². The maximum absolute atomic E-state index is 12.6. The van der Waals surface area contributed by atoms with E-state index in [0.29, 0.717) is 18.1 Å². The number of rotatable bonds is 6. The molecule has 1 aromatic rings. The maximum atomic E-state index is 12.6. The average Bonchev–Trinajstić information content (AvgIpc) is 2.29. The molecular formula is C12H14F3NO2S. The van der Waals surface area contributed by atoms with Gasteiger partial charge in [-0.2, -0.15) is 13.2 Å². The Labute approximate surface area is 114 Å². The molecular weight excluding hydrogens is 279 g/mol. The van der Waals surface area contributed by atoms with Crippen molar-refractivity contribution in [3.05, 3.63) is 24.3 Å². The zero-order chi connectivity index (χ0) is 14.5. The molecule has 0 radical (unpaired) electrons. The van der Waals surface area contributed by atoms with Crippen LogP contribution in [0.1, 0.15) is 6.92 Å². The van der Waals surface area contributed by atoms with Crippen LogP contribution in [0.2, 0.25) is 0 Å². The van der Waals surface area contributed by atoms with E-state index in [1.165, 1.54) is 12.1 Å². The largest absolute Gasteiger partial charge is 0.494 e. The normalized spacial score (nSPS) is 12.8. The molecule has 0 heterocycles. The monoisotopic (exact) mass is 293 g/mol. The van der Waals surface area contributed by atoms with Crippen LogP contribution >= 0.6 is 12.2 Å². The molecule has 1 rings (SSSR count). The highest BCUT2D eigenvalue weighted by molar-refractivity contribution is 7.80. The first-order chi connectivity index (χ1) is 8.84. The summed E-state index contributed by atoms with van der Waals surface area (Å²) in [5.74, 6) is -1.03. The van der Waals surface area contributed by atoms with E-state index >= 15 is 0 Å². The lowest BCUT2D eigenvalue weighted by molar-refractivity contribution is -0.161. The number of hydrogen-bond acceptors (Lipinski definition) is 3. The Morgan fingerprint density at radius 1 is 1.21 bits per heavy atom. The first kappa shape index (κ1) is 15.6. The molecule has 1 atom stereocenters. The summed E-state index contributed by atoms with van der Waals surface area (Å²) < 4.78 is 48.0. The van der Waals surface area contributed by atoms with Crippen LogP contribution in [-0.2, 0) is 0 Å². The molecule has 0 bridgehead atoms. The number of benzene rings is 1. The van der Waals surface area contributed by atoms with Crippen LogP contribution in [0, 0.1) is 5.92 Å². The summed E-state index contributed by atoms with van der Waals surface area (Å²) in [6.45, 7) is 1.71. The van der Waals surface area contributed by atoms with E-state index in [0.717, 1.165) is 0 Å². The van der Waals surface area contributed by atoms with E-state index in [-0.39, 0.29) is 0 Å². The highest BCUT2D eigenvalue weighted by atomic mass is 32.1. The lowest BCUT2D eigenvalue weighted by atomic mass is 10.1. The van der Waals surface area contributed by atoms with Gasteiger partial charge in [-0.1, -0.05) is 12.2 Å². The summed E-state index contributed by atoms with van der Waals surface area (Å²) >= 11 is 4.39. The Morgan fingerprint density at radius 2 is 1.68 bits per heavy atom. The van der Waals surface area contributed by atoms with E-state index in [4.69, 9.17) is 15.2 Å². The Hall–Kier alpha value is -1.50. The molecule has 0 aliphatic rings. The molecule has 0 aliphatic carbocycles. The summed E-state index contributed by atoms with van der Waals surface area (Å²) in [5, 5.41) is 0. The summed E-state index contributed by atoms with van der Waals surface area (Å²) in [6, 6.07) is 6.28. The van der Waals surface area contributed by atoms with Crippen molar-refractivity contribution in [2.45, 2.75) is 13.1 Å². The van der Waals surface area contributed by atoms with Gasteiger partial charge in [-0.05, 0) is 31.2 Å². The highest BCUT2D eigenvalue weighted by Gasteiger charge is 2.42. The van der Waals surface area contributed by atoms with Crippen LogP contribution in [0.15, 0.2) is 24.3 Å². The summed E-state index contributed by atoms with van der Waals surface area (Å²) in [5.41, 5.74) is 5.06. The molecule has 1 unspecified atom stereocenters. The van der Waals surface area contributed by atoms with E-state index in [1.807, 2.05) is 6.92 Å². The molecule has 0 saturated heterocycles. The third-order valence-electron chi connectivity index (χ3n) is 2.29. The molecule has 0 aromatic heterocycles. The fourth-order valence-electron chi connectivity index (χ4n) is 1.32. The smallest absolute Gasteiger partial charge is 0.401 e. The fraction of sp³-hybridized carbons (Fsp3) is 0.417. The Kier molecular flexibility index (Phi) is 5.41. The first-order valence-electron chi connectivity index (χ1n) is 5.56. The zero-order valence-electron chi connectivity index (χ0n) is 10.2. The van der Waals surface area contributed by atoms with E-state index in [9.17, 15) is 13.2 Å². The summed E-state index contributed by atoms with van der Waals surface area (Å²) in [6.07, 6.45) is -4.50. The molecule has 7 heteroatoms. The van der Waals surface area contributed by atoms with Crippen LogP contribution in [0.25, 0.3) is 0 Å². The van der Waals surface area contributed by atoms with Crippen molar-refractivity contribution in [2.24, 2.45) is 11.7 Å². The summed E-state index contributed by atoms with van der Waals surface area (Å²) in [7, 11) is 0.